The van der Waals surface area contributed by atoms with E-state index < -0.39 is 5.66 Å². The van der Waals surface area contributed by atoms with Crippen LogP contribution in [0.4, 0.5) is 5.69 Å². The molecule has 0 saturated carbocycles. The Hall–Kier alpha value is -2.56. The smallest absolute Gasteiger partial charge is 0.229 e. The minimum Gasteiger partial charge on any atom is -0.507 e. The van der Waals surface area contributed by atoms with Crippen LogP contribution in [0, 0.1) is 0 Å². The summed E-state index contributed by atoms with van der Waals surface area (Å²) in [5.41, 5.74) is 0.240. The van der Waals surface area contributed by atoms with Crippen molar-refractivity contribution in [2.75, 3.05) is 11.4 Å². The van der Waals surface area contributed by atoms with Crippen molar-refractivity contribution < 1.29 is 14.7 Å². The Kier molecular flexibility index (Phi) is 5.00. The minimum atomic E-state index is -0.555. The lowest BCUT2D eigenvalue weighted by molar-refractivity contribution is -0.131. The number of phenols is 1. The van der Waals surface area contributed by atoms with Crippen LogP contribution in [0.2, 0.25) is 0 Å². The Bertz CT molecular complexity index is 906. The molecule has 2 aliphatic rings. The van der Waals surface area contributed by atoms with Crippen LogP contribution in [0.1, 0.15) is 58.3 Å². The fraction of sp³-hybridized carbons (Fsp3) is 0.478. The molecule has 2 heterocycles. The maximum Gasteiger partial charge on any atom is 0.229 e. The number of unbranched alkanes of at least 4 members (excludes halogenated alkanes) is 3. The first-order chi connectivity index (χ1) is 13.6. The van der Waals surface area contributed by atoms with Gasteiger partial charge in [0, 0.05) is 30.2 Å². The molecule has 2 aromatic rings. The van der Waals surface area contributed by atoms with Crippen molar-refractivity contribution in [3.05, 3.63) is 36.4 Å². The lowest BCUT2D eigenvalue weighted by Crippen LogP contribution is -2.56. The summed E-state index contributed by atoms with van der Waals surface area (Å²) >= 11 is 0. The van der Waals surface area contributed by atoms with Crippen molar-refractivity contribution >= 4 is 28.3 Å². The van der Waals surface area contributed by atoms with Gasteiger partial charge >= 0.3 is 0 Å². The molecule has 0 aromatic heterocycles. The lowest BCUT2D eigenvalue weighted by atomic mass is 10.0. The number of benzene rings is 2. The number of likely N-dealkylation sites (tertiary alicyclic amines) is 1. The third-order valence-corrected chi connectivity index (χ3v) is 6.30. The summed E-state index contributed by atoms with van der Waals surface area (Å²) in [4.78, 5) is 29.6. The van der Waals surface area contributed by atoms with Crippen LogP contribution in [-0.2, 0) is 9.59 Å². The van der Waals surface area contributed by atoms with E-state index in [1.165, 1.54) is 6.42 Å². The first kappa shape index (κ1) is 18.8. The summed E-state index contributed by atoms with van der Waals surface area (Å²) in [5, 5.41) is 11.8. The number of anilines is 1. The van der Waals surface area contributed by atoms with E-state index in [1.807, 2.05) is 34.1 Å². The van der Waals surface area contributed by atoms with Crippen molar-refractivity contribution in [2.45, 2.75) is 64.0 Å². The molecule has 0 bridgehead atoms. The fourth-order valence-electron chi connectivity index (χ4n) is 4.92. The highest BCUT2D eigenvalue weighted by atomic mass is 16.3. The zero-order valence-corrected chi connectivity index (χ0v) is 16.5. The van der Waals surface area contributed by atoms with Crippen molar-refractivity contribution in [2.24, 2.45) is 0 Å². The van der Waals surface area contributed by atoms with Gasteiger partial charge in [-0.1, -0.05) is 50.5 Å². The molecule has 148 valence electrons. The summed E-state index contributed by atoms with van der Waals surface area (Å²) in [5.74, 6) is 0.419. The molecular formula is C23H28N2O3. The van der Waals surface area contributed by atoms with E-state index in [4.69, 9.17) is 0 Å². The fourth-order valence-corrected chi connectivity index (χ4v) is 4.92. The summed E-state index contributed by atoms with van der Waals surface area (Å²) < 4.78 is 0. The molecule has 2 aliphatic heterocycles. The lowest BCUT2D eigenvalue weighted by Gasteiger charge is -2.43. The van der Waals surface area contributed by atoms with Crippen molar-refractivity contribution in [3.63, 3.8) is 0 Å². The summed E-state index contributed by atoms with van der Waals surface area (Å²) in [7, 11) is 0. The Morgan fingerprint density at radius 2 is 1.64 bits per heavy atom. The quantitative estimate of drug-likeness (QED) is 0.747. The molecule has 5 nitrogen and oxygen atoms in total. The number of hydrogen-bond donors (Lipinski definition) is 1. The second-order valence-electron chi connectivity index (χ2n) is 7.97. The maximum atomic E-state index is 13.0. The number of fused-ring (bicyclic) bond motifs is 1. The topological polar surface area (TPSA) is 60.9 Å². The SMILES string of the molecule is CCCCCCN1C(=O)CCC12CCC(=O)N2c1cccc2c(O)cccc12. The number of aromatic hydroxyl groups is 1. The first-order valence-corrected chi connectivity index (χ1v) is 10.4. The molecule has 1 atom stereocenters. The van der Waals surface area contributed by atoms with E-state index in [2.05, 4.69) is 6.92 Å². The monoisotopic (exact) mass is 380 g/mol. The van der Waals surface area contributed by atoms with E-state index in [-0.39, 0.29) is 17.6 Å². The van der Waals surface area contributed by atoms with Crippen LogP contribution >= 0.6 is 0 Å². The van der Waals surface area contributed by atoms with Gasteiger partial charge in [-0.15, -0.1) is 0 Å². The molecule has 5 heteroatoms. The van der Waals surface area contributed by atoms with Gasteiger partial charge in [0.1, 0.15) is 11.4 Å². The third kappa shape index (κ3) is 2.93. The number of carbonyl (C=O) groups is 2. The molecule has 2 saturated heterocycles. The normalized spacial score (nSPS) is 22.2. The minimum absolute atomic E-state index is 0.0594. The molecule has 1 spiro atoms. The van der Waals surface area contributed by atoms with Crippen LogP contribution < -0.4 is 4.90 Å². The van der Waals surface area contributed by atoms with Crippen LogP contribution in [0.25, 0.3) is 10.8 Å². The third-order valence-electron chi connectivity index (χ3n) is 6.30. The van der Waals surface area contributed by atoms with Gasteiger partial charge < -0.3 is 10.0 Å². The molecular weight excluding hydrogens is 352 g/mol. The van der Waals surface area contributed by atoms with E-state index in [0.717, 1.165) is 35.7 Å². The molecule has 1 N–H and O–H groups in total. The Morgan fingerprint density at radius 3 is 2.43 bits per heavy atom. The molecule has 2 amide bonds. The molecule has 4 rings (SSSR count). The van der Waals surface area contributed by atoms with Gasteiger partial charge in [0.2, 0.25) is 11.8 Å². The second kappa shape index (κ2) is 7.46. The summed E-state index contributed by atoms with van der Waals surface area (Å²) in [6.45, 7) is 2.88. The van der Waals surface area contributed by atoms with Crippen LogP contribution in [0.3, 0.4) is 0 Å². The number of nitrogens with zero attached hydrogens (tertiary/aromatic N) is 2. The maximum absolute atomic E-state index is 13.0. The highest BCUT2D eigenvalue weighted by Gasteiger charge is 2.55. The van der Waals surface area contributed by atoms with Gasteiger partial charge in [-0.3, -0.25) is 14.5 Å². The van der Waals surface area contributed by atoms with Gasteiger partial charge in [-0.25, -0.2) is 0 Å². The van der Waals surface area contributed by atoms with Gasteiger partial charge in [0.15, 0.2) is 0 Å². The van der Waals surface area contributed by atoms with E-state index in [1.54, 1.807) is 12.1 Å². The number of hydrogen-bond acceptors (Lipinski definition) is 3. The highest BCUT2D eigenvalue weighted by molar-refractivity contribution is 6.08. The zero-order chi connectivity index (χ0) is 19.7. The number of phenolic OH excluding ortho intramolecular Hbond substituents is 1. The second-order valence-corrected chi connectivity index (χ2v) is 7.97. The van der Waals surface area contributed by atoms with Crippen molar-refractivity contribution in [1.82, 2.24) is 4.90 Å². The van der Waals surface area contributed by atoms with Crippen LogP contribution in [-0.4, -0.2) is 34.0 Å². The molecule has 28 heavy (non-hydrogen) atoms. The highest BCUT2D eigenvalue weighted by Crippen LogP contribution is 2.47. The average Bonchev–Trinajstić information content (AvgIpc) is 3.19. The van der Waals surface area contributed by atoms with Gasteiger partial charge in [-0.05, 0) is 31.4 Å². The van der Waals surface area contributed by atoms with Gasteiger partial charge in [0.25, 0.3) is 0 Å². The van der Waals surface area contributed by atoms with Crippen LogP contribution in [0.15, 0.2) is 36.4 Å². The molecule has 2 fully saturated rings. The number of rotatable bonds is 6. The molecule has 0 aliphatic carbocycles. The van der Waals surface area contributed by atoms with E-state index in [9.17, 15) is 14.7 Å². The van der Waals surface area contributed by atoms with Crippen molar-refractivity contribution in [3.8, 4) is 5.75 Å². The average molecular weight is 380 g/mol. The Balaban J connectivity index is 1.75. The largest absolute Gasteiger partial charge is 0.507 e. The van der Waals surface area contributed by atoms with Gasteiger partial charge in [0.05, 0.1) is 5.69 Å². The summed E-state index contributed by atoms with van der Waals surface area (Å²) in [6, 6.07) is 11.1. The molecule has 1 unspecified atom stereocenters. The predicted octanol–water partition coefficient (Wildman–Crippen LogP) is 4.57. The van der Waals surface area contributed by atoms with E-state index >= 15 is 0 Å². The number of carbonyl (C=O) groups excluding carboxylic acids is 2. The van der Waals surface area contributed by atoms with Crippen molar-refractivity contribution in [1.29, 1.82) is 0 Å². The molecule has 2 aromatic carbocycles. The van der Waals surface area contributed by atoms with E-state index in [0.29, 0.717) is 32.2 Å². The number of amides is 2. The van der Waals surface area contributed by atoms with Gasteiger partial charge in [-0.2, -0.15) is 0 Å². The zero-order valence-electron chi connectivity index (χ0n) is 16.5. The standard InChI is InChI=1S/C23H28N2O3/c1-2-3-4-5-16-24-21(27)12-14-23(24)15-13-22(28)25(23)19-10-6-9-18-17(19)8-7-11-20(18)26/h6-11,26H,2-5,12-16H2,1H3. The Morgan fingerprint density at radius 1 is 0.929 bits per heavy atom. The summed E-state index contributed by atoms with van der Waals surface area (Å²) in [6.07, 6.45) is 6.71. The predicted molar refractivity (Wildman–Crippen MR) is 110 cm³/mol. The molecule has 0 radical (unpaired) electrons. The van der Waals surface area contributed by atoms with Crippen LogP contribution in [0.5, 0.6) is 5.75 Å². The first-order valence-electron chi connectivity index (χ1n) is 10.4. The Labute approximate surface area is 165 Å².